The molecule has 0 saturated heterocycles. The number of aromatic nitrogens is 1. The van der Waals surface area contributed by atoms with Crippen molar-refractivity contribution in [3.63, 3.8) is 0 Å². The summed E-state index contributed by atoms with van der Waals surface area (Å²) >= 11 is 0.452. The predicted octanol–water partition coefficient (Wildman–Crippen LogP) is 4.59. The van der Waals surface area contributed by atoms with Crippen molar-refractivity contribution in [2.75, 3.05) is 0 Å². The van der Waals surface area contributed by atoms with Crippen LogP contribution in [-0.4, -0.2) is 15.3 Å². The molecule has 9 heteroatoms. The van der Waals surface area contributed by atoms with Crippen LogP contribution >= 0.6 is 11.9 Å². The van der Waals surface area contributed by atoms with Gasteiger partial charge in [0.25, 0.3) is 0 Å². The van der Waals surface area contributed by atoms with Crippen LogP contribution < -0.4 is 0 Å². The zero-order chi connectivity index (χ0) is 17.4. The maximum atomic E-state index is 13.8. The van der Waals surface area contributed by atoms with Gasteiger partial charge < -0.3 is 0 Å². The van der Waals surface area contributed by atoms with E-state index in [9.17, 15) is 26.3 Å². The summed E-state index contributed by atoms with van der Waals surface area (Å²) in [6.07, 6.45) is 2.44. The van der Waals surface area contributed by atoms with Crippen molar-refractivity contribution in [2.24, 2.45) is 0 Å². The SMILES string of the molecule is Fc1ccc(CN(Sc2c(F)c(F)c(F)c(F)c2F)C2CC2)nc1. The Kier molecular flexibility index (Phi) is 4.73. The smallest absolute Gasteiger partial charge is 0.200 e. The molecule has 0 aliphatic heterocycles. The Hall–Kier alpha value is -1.74. The fourth-order valence-corrected chi connectivity index (χ4v) is 3.17. The van der Waals surface area contributed by atoms with Crippen LogP contribution in [0, 0.1) is 34.9 Å². The third-order valence-corrected chi connectivity index (χ3v) is 4.64. The molecule has 2 aromatic rings. The fraction of sp³-hybridized carbons (Fsp3) is 0.267. The summed E-state index contributed by atoms with van der Waals surface area (Å²) in [5.41, 5.74) is 0.416. The van der Waals surface area contributed by atoms with Gasteiger partial charge in [0.1, 0.15) is 10.7 Å². The second-order valence-electron chi connectivity index (χ2n) is 5.26. The quantitative estimate of drug-likeness (QED) is 0.334. The molecule has 1 aliphatic rings. The maximum absolute atomic E-state index is 13.8. The van der Waals surface area contributed by atoms with E-state index >= 15 is 0 Å². The second kappa shape index (κ2) is 6.64. The molecule has 1 fully saturated rings. The van der Waals surface area contributed by atoms with Gasteiger partial charge in [0.2, 0.25) is 5.82 Å². The number of hydrogen-bond donors (Lipinski definition) is 0. The van der Waals surface area contributed by atoms with Crippen LogP contribution in [0.15, 0.2) is 23.2 Å². The molecular formula is C15H10F6N2S. The molecule has 2 nitrogen and oxygen atoms in total. The van der Waals surface area contributed by atoms with Gasteiger partial charge in [-0.15, -0.1) is 0 Å². The van der Waals surface area contributed by atoms with Gasteiger partial charge in [0.05, 0.1) is 18.4 Å². The molecular weight excluding hydrogens is 354 g/mol. The van der Waals surface area contributed by atoms with Crippen LogP contribution in [0.3, 0.4) is 0 Å². The van der Waals surface area contributed by atoms with E-state index in [1.165, 1.54) is 16.4 Å². The predicted molar refractivity (Wildman–Crippen MR) is 74.8 cm³/mol. The monoisotopic (exact) mass is 364 g/mol. The van der Waals surface area contributed by atoms with Crippen molar-refractivity contribution in [2.45, 2.75) is 30.3 Å². The van der Waals surface area contributed by atoms with E-state index in [4.69, 9.17) is 0 Å². The lowest BCUT2D eigenvalue weighted by atomic mass is 10.3. The van der Waals surface area contributed by atoms with Crippen LogP contribution in [-0.2, 0) is 6.54 Å². The number of pyridine rings is 1. The second-order valence-corrected chi connectivity index (χ2v) is 6.32. The Morgan fingerprint density at radius 3 is 2.00 bits per heavy atom. The van der Waals surface area contributed by atoms with Crippen LogP contribution in [0.2, 0.25) is 0 Å². The minimum atomic E-state index is -2.19. The topological polar surface area (TPSA) is 16.1 Å². The van der Waals surface area contributed by atoms with Crippen molar-refractivity contribution in [1.82, 2.24) is 9.29 Å². The van der Waals surface area contributed by atoms with E-state index in [0.717, 1.165) is 19.0 Å². The number of nitrogens with zero attached hydrogens (tertiary/aromatic N) is 2. The van der Waals surface area contributed by atoms with Crippen molar-refractivity contribution < 1.29 is 26.3 Å². The molecule has 1 aliphatic carbocycles. The molecule has 0 N–H and O–H groups in total. The number of benzene rings is 1. The lowest BCUT2D eigenvalue weighted by Crippen LogP contribution is -2.19. The molecule has 0 bridgehead atoms. The molecule has 1 aromatic carbocycles. The van der Waals surface area contributed by atoms with Crippen molar-refractivity contribution in [1.29, 1.82) is 0 Å². The summed E-state index contributed by atoms with van der Waals surface area (Å²) in [5, 5.41) is 0. The largest absolute Gasteiger partial charge is 0.257 e. The molecule has 24 heavy (non-hydrogen) atoms. The van der Waals surface area contributed by atoms with E-state index in [-0.39, 0.29) is 12.6 Å². The summed E-state index contributed by atoms with van der Waals surface area (Å²) in [5.74, 6) is -10.4. The molecule has 0 spiro atoms. The Bertz CT molecular complexity index is 735. The van der Waals surface area contributed by atoms with E-state index < -0.39 is 39.8 Å². The molecule has 1 aromatic heterocycles. The lowest BCUT2D eigenvalue weighted by molar-refractivity contribution is 0.358. The van der Waals surface area contributed by atoms with E-state index in [0.29, 0.717) is 17.6 Å². The van der Waals surface area contributed by atoms with E-state index in [1.807, 2.05) is 0 Å². The van der Waals surface area contributed by atoms with E-state index in [1.54, 1.807) is 0 Å². The molecule has 0 radical (unpaired) electrons. The third-order valence-electron chi connectivity index (χ3n) is 3.44. The molecule has 1 saturated carbocycles. The van der Waals surface area contributed by atoms with Gasteiger partial charge in [-0.25, -0.2) is 30.6 Å². The van der Waals surface area contributed by atoms with Crippen molar-refractivity contribution >= 4 is 11.9 Å². The van der Waals surface area contributed by atoms with E-state index in [2.05, 4.69) is 4.98 Å². The van der Waals surface area contributed by atoms with Crippen molar-refractivity contribution in [3.8, 4) is 0 Å². The molecule has 0 unspecified atom stereocenters. The Morgan fingerprint density at radius 2 is 1.50 bits per heavy atom. The fourth-order valence-electron chi connectivity index (χ4n) is 2.04. The standard InChI is InChI=1S/C15H10F6N2S/c16-7-1-2-8(22-5-7)6-23(9-3-4-9)24-15-13(20)11(18)10(17)12(19)14(15)21/h1-2,5,9H,3-4,6H2. The molecule has 128 valence electrons. The lowest BCUT2D eigenvalue weighted by Gasteiger charge is -2.21. The highest BCUT2D eigenvalue weighted by atomic mass is 32.2. The highest BCUT2D eigenvalue weighted by molar-refractivity contribution is 7.97. The van der Waals surface area contributed by atoms with Gasteiger partial charge in [0.15, 0.2) is 23.3 Å². The first-order chi connectivity index (χ1) is 11.4. The first-order valence-corrected chi connectivity index (χ1v) is 7.72. The van der Waals surface area contributed by atoms with Crippen LogP contribution in [0.4, 0.5) is 26.3 Å². The van der Waals surface area contributed by atoms with Crippen LogP contribution in [0.1, 0.15) is 18.5 Å². The minimum absolute atomic E-state index is 0.0724. The highest BCUT2D eigenvalue weighted by Gasteiger charge is 2.34. The minimum Gasteiger partial charge on any atom is -0.257 e. The van der Waals surface area contributed by atoms with Gasteiger partial charge in [-0.2, -0.15) is 0 Å². The summed E-state index contributed by atoms with van der Waals surface area (Å²) < 4.78 is 81.7. The number of hydrogen-bond acceptors (Lipinski definition) is 3. The van der Waals surface area contributed by atoms with Gasteiger partial charge in [0, 0.05) is 6.04 Å². The third kappa shape index (κ3) is 3.36. The first kappa shape index (κ1) is 17.1. The average Bonchev–Trinajstić information content (AvgIpc) is 3.41. The Labute approximate surface area is 137 Å². The molecule has 3 rings (SSSR count). The zero-order valence-corrected chi connectivity index (χ0v) is 12.8. The zero-order valence-electron chi connectivity index (χ0n) is 12.0. The van der Waals surface area contributed by atoms with Gasteiger partial charge in [-0.1, -0.05) is 0 Å². The van der Waals surface area contributed by atoms with Crippen molar-refractivity contribution in [3.05, 3.63) is 58.9 Å². The summed E-state index contributed by atoms with van der Waals surface area (Å²) in [7, 11) is 0. The Morgan fingerprint density at radius 1 is 0.917 bits per heavy atom. The van der Waals surface area contributed by atoms with Crippen LogP contribution in [0.25, 0.3) is 0 Å². The molecule has 0 atom stereocenters. The van der Waals surface area contributed by atoms with Crippen LogP contribution in [0.5, 0.6) is 0 Å². The number of rotatable bonds is 5. The highest BCUT2D eigenvalue weighted by Crippen LogP contribution is 2.40. The molecule has 1 heterocycles. The summed E-state index contributed by atoms with van der Waals surface area (Å²) in [6.45, 7) is 0.0785. The normalized spacial score (nSPS) is 14.5. The maximum Gasteiger partial charge on any atom is 0.200 e. The summed E-state index contributed by atoms with van der Waals surface area (Å²) in [6, 6.07) is 2.50. The summed E-state index contributed by atoms with van der Waals surface area (Å²) in [4.78, 5) is 2.88. The average molecular weight is 364 g/mol. The number of halogens is 6. The molecule has 0 amide bonds. The first-order valence-electron chi connectivity index (χ1n) is 6.95. The van der Waals surface area contributed by atoms with Gasteiger partial charge in [-0.3, -0.25) is 4.98 Å². The van der Waals surface area contributed by atoms with Gasteiger partial charge in [-0.05, 0) is 36.9 Å². The van der Waals surface area contributed by atoms with Gasteiger partial charge >= 0.3 is 0 Å². The Balaban J connectivity index is 1.88.